The molecule has 1 rings (SSSR count). The van der Waals surface area contributed by atoms with Crippen LogP contribution in [-0.2, 0) is 11.2 Å². The first-order valence-electron chi connectivity index (χ1n) is 6.85. The molecule has 3 N–H and O–H groups in total. The molecule has 0 aromatic heterocycles. The lowest BCUT2D eigenvalue weighted by Crippen LogP contribution is -2.48. The van der Waals surface area contributed by atoms with Crippen molar-refractivity contribution in [2.45, 2.75) is 45.7 Å². The molecule has 3 atom stereocenters. The molecule has 5 heteroatoms. The number of nitrogens with one attached hydrogen (secondary N) is 1. The van der Waals surface area contributed by atoms with Gasteiger partial charge in [0.25, 0.3) is 0 Å². The summed E-state index contributed by atoms with van der Waals surface area (Å²) in [6.45, 7) is 5.89. The Kier molecular flexibility index (Phi) is 6.62. The number of benzene rings is 1. The van der Waals surface area contributed by atoms with Gasteiger partial charge in [-0.15, -0.1) is 0 Å². The summed E-state index contributed by atoms with van der Waals surface area (Å²) >= 11 is 3.16. The van der Waals surface area contributed by atoms with Crippen LogP contribution in [0.25, 0.3) is 0 Å². The van der Waals surface area contributed by atoms with Crippen LogP contribution in [0.15, 0.2) is 22.7 Å². The molecule has 0 spiro atoms. The molecule has 1 aromatic rings. The van der Waals surface area contributed by atoms with Crippen molar-refractivity contribution in [3.05, 3.63) is 34.1 Å². The molecule has 0 fully saturated rings. The molecule has 3 unspecified atom stereocenters. The maximum absolute atomic E-state index is 13.1. The zero-order chi connectivity index (χ0) is 15.3. The van der Waals surface area contributed by atoms with Crippen LogP contribution in [0.4, 0.5) is 4.39 Å². The lowest BCUT2D eigenvalue weighted by molar-refractivity contribution is -0.124. The largest absolute Gasteiger partial charge is 0.352 e. The number of nitrogens with two attached hydrogens (primary N) is 1. The van der Waals surface area contributed by atoms with Gasteiger partial charge in [-0.25, -0.2) is 4.39 Å². The van der Waals surface area contributed by atoms with Crippen LogP contribution in [-0.4, -0.2) is 18.0 Å². The number of carbonyl (C=O) groups is 1. The molecule has 1 amide bonds. The van der Waals surface area contributed by atoms with Gasteiger partial charge in [-0.3, -0.25) is 4.79 Å². The van der Waals surface area contributed by atoms with E-state index in [9.17, 15) is 9.18 Å². The van der Waals surface area contributed by atoms with E-state index in [0.717, 1.165) is 12.0 Å². The van der Waals surface area contributed by atoms with Gasteiger partial charge in [-0.1, -0.05) is 26.3 Å². The SMILES string of the molecule is CCC(C)C(N)C(=O)NC(C)Cc1ccc(F)c(Br)c1. The van der Waals surface area contributed by atoms with Crippen molar-refractivity contribution in [2.75, 3.05) is 0 Å². The first-order chi connectivity index (χ1) is 9.35. The van der Waals surface area contributed by atoms with Crippen LogP contribution < -0.4 is 11.1 Å². The fraction of sp³-hybridized carbons (Fsp3) is 0.533. The molecule has 20 heavy (non-hydrogen) atoms. The van der Waals surface area contributed by atoms with Crippen molar-refractivity contribution in [2.24, 2.45) is 11.7 Å². The maximum atomic E-state index is 13.1. The monoisotopic (exact) mass is 344 g/mol. The van der Waals surface area contributed by atoms with E-state index in [0.29, 0.717) is 10.9 Å². The van der Waals surface area contributed by atoms with Crippen molar-refractivity contribution in [1.82, 2.24) is 5.32 Å². The second-order valence-corrected chi connectivity index (χ2v) is 6.13. The smallest absolute Gasteiger partial charge is 0.237 e. The van der Waals surface area contributed by atoms with E-state index >= 15 is 0 Å². The summed E-state index contributed by atoms with van der Waals surface area (Å²) in [5, 5.41) is 2.90. The fourth-order valence-electron chi connectivity index (χ4n) is 1.92. The van der Waals surface area contributed by atoms with Crippen molar-refractivity contribution in [1.29, 1.82) is 0 Å². The quantitative estimate of drug-likeness (QED) is 0.833. The molecular weight excluding hydrogens is 323 g/mol. The molecule has 0 aliphatic rings. The molecule has 0 radical (unpaired) electrons. The number of rotatable bonds is 6. The normalized spacial score (nSPS) is 15.5. The highest BCUT2D eigenvalue weighted by molar-refractivity contribution is 9.10. The molecule has 0 heterocycles. The van der Waals surface area contributed by atoms with Crippen LogP contribution in [0.3, 0.4) is 0 Å². The van der Waals surface area contributed by atoms with Crippen LogP contribution in [0, 0.1) is 11.7 Å². The molecular formula is C15H22BrFN2O. The van der Waals surface area contributed by atoms with E-state index in [4.69, 9.17) is 5.73 Å². The summed E-state index contributed by atoms with van der Waals surface area (Å²) in [4.78, 5) is 12.0. The number of carbonyl (C=O) groups excluding carboxylic acids is 1. The highest BCUT2D eigenvalue weighted by atomic mass is 79.9. The summed E-state index contributed by atoms with van der Waals surface area (Å²) < 4.78 is 13.6. The summed E-state index contributed by atoms with van der Waals surface area (Å²) in [6.07, 6.45) is 1.51. The van der Waals surface area contributed by atoms with E-state index in [1.165, 1.54) is 6.07 Å². The highest BCUT2D eigenvalue weighted by Gasteiger charge is 2.20. The van der Waals surface area contributed by atoms with Gasteiger partial charge >= 0.3 is 0 Å². The number of hydrogen-bond acceptors (Lipinski definition) is 2. The Balaban J connectivity index is 2.56. The van der Waals surface area contributed by atoms with Gasteiger partial charge in [-0.05, 0) is 52.9 Å². The zero-order valence-corrected chi connectivity index (χ0v) is 13.7. The third-order valence-corrected chi connectivity index (χ3v) is 4.08. The molecule has 112 valence electrons. The standard InChI is InChI=1S/C15H22BrFN2O/c1-4-9(2)14(18)15(20)19-10(3)7-11-5-6-13(17)12(16)8-11/h5-6,8-10,14H,4,7,18H2,1-3H3,(H,19,20). The average molecular weight is 345 g/mol. The Morgan fingerprint density at radius 1 is 1.45 bits per heavy atom. The van der Waals surface area contributed by atoms with E-state index in [-0.39, 0.29) is 23.7 Å². The molecule has 0 aliphatic heterocycles. The summed E-state index contributed by atoms with van der Waals surface area (Å²) in [5.41, 5.74) is 6.85. The summed E-state index contributed by atoms with van der Waals surface area (Å²) in [7, 11) is 0. The number of hydrogen-bond donors (Lipinski definition) is 2. The Labute approximate surface area is 128 Å². The summed E-state index contributed by atoms with van der Waals surface area (Å²) in [5.74, 6) is -0.264. The molecule has 0 saturated carbocycles. The van der Waals surface area contributed by atoms with Gasteiger partial charge in [0, 0.05) is 6.04 Å². The van der Waals surface area contributed by atoms with E-state index in [1.807, 2.05) is 20.8 Å². The molecule has 1 aromatic carbocycles. The van der Waals surface area contributed by atoms with Crippen molar-refractivity contribution in [3.63, 3.8) is 0 Å². The van der Waals surface area contributed by atoms with Gasteiger partial charge < -0.3 is 11.1 Å². The van der Waals surface area contributed by atoms with Crippen LogP contribution in [0.5, 0.6) is 0 Å². The Morgan fingerprint density at radius 3 is 2.65 bits per heavy atom. The van der Waals surface area contributed by atoms with Crippen LogP contribution in [0.1, 0.15) is 32.8 Å². The second kappa shape index (κ2) is 7.74. The van der Waals surface area contributed by atoms with Gasteiger partial charge in [0.2, 0.25) is 5.91 Å². The lowest BCUT2D eigenvalue weighted by atomic mass is 9.98. The van der Waals surface area contributed by atoms with E-state index in [2.05, 4.69) is 21.2 Å². The topological polar surface area (TPSA) is 55.1 Å². The molecule has 0 saturated heterocycles. The third-order valence-electron chi connectivity index (χ3n) is 3.47. The summed E-state index contributed by atoms with van der Waals surface area (Å²) in [6, 6.07) is 4.33. The van der Waals surface area contributed by atoms with Gasteiger partial charge in [0.05, 0.1) is 10.5 Å². The first kappa shape index (κ1) is 17.1. The van der Waals surface area contributed by atoms with Gasteiger partial charge in [0.1, 0.15) is 5.82 Å². The maximum Gasteiger partial charge on any atom is 0.237 e. The average Bonchev–Trinajstić information content (AvgIpc) is 2.40. The molecule has 3 nitrogen and oxygen atoms in total. The Bertz CT molecular complexity index is 467. The van der Waals surface area contributed by atoms with Crippen molar-refractivity contribution >= 4 is 21.8 Å². The zero-order valence-electron chi connectivity index (χ0n) is 12.1. The van der Waals surface area contributed by atoms with Gasteiger partial charge in [0.15, 0.2) is 0 Å². The number of amides is 1. The Morgan fingerprint density at radius 2 is 2.10 bits per heavy atom. The minimum atomic E-state index is -0.484. The highest BCUT2D eigenvalue weighted by Crippen LogP contribution is 2.17. The second-order valence-electron chi connectivity index (χ2n) is 5.27. The predicted octanol–water partition coefficient (Wildman–Crippen LogP) is 3.01. The van der Waals surface area contributed by atoms with Crippen molar-refractivity contribution < 1.29 is 9.18 Å². The van der Waals surface area contributed by atoms with Crippen molar-refractivity contribution in [3.8, 4) is 0 Å². The predicted molar refractivity (Wildman–Crippen MR) is 82.8 cm³/mol. The molecule has 0 aliphatic carbocycles. The number of halogens is 2. The minimum absolute atomic E-state index is 0.0463. The van der Waals surface area contributed by atoms with E-state index < -0.39 is 6.04 Å². The molecule has 0 bridgehead atoms. The van der Waals surface area contributed by atoms with Crippen LogP contribution >= 0.6 is 15.9 Å². The lowest BCUT2D eigenvalue weighted by Gasteiger charge is -2.21. The first-order valence-corrected chi connectivity index (χ1v) is 7.64. The minimum Gasteiger partial charge on any atom is -0.352 e. The van der Waals surface area contributed by atoms with E-state index in [1.54, 1.807) is 12.1 Å². The Hall–Kier alpha value is -0.940. The third kappa shape index (κ3) is 4.87. The van der Waals surface area contributed by atoms with Gasteiger partial charge in [-0.2, -0.15) is 0 Å². The fourth-order valence-corrected chi connectivity index (χ4v) is 2.35. The van der Waals surface area contributed by atoms with Crippen LogP contribution in [0.2, 0.25) is 0 Å².